The summed E-state index contributed by atoms with van der Waals surface area (Å²) in [7, 11) is 0. The predicted octanol–water partition coefficient (Wildman–Crippen LogP) is 3.08. The Hall–Kier alpha value is -1.09. The topological polar surface area (TPSA) is 21.3 Å². The predicted molar refractivity (Wildman–Crippen MR) is 67.0 cm³/mol. The molecule has 0 aromatic heterocycles. The Morgan fingerprint density at radius 1 is 1.29 bits per heavy atom. The molecule has 1 saturated heterocycles. The number of rotatable bonds is 3. The van der Waals surface area contributed by atoms with Crippen molar-refractivity contribution in [3.05, 3.63) is 29.6 Å². The minimum absolute atomic E-state index is 0.0808. The van der Waals surface area contributed by atoms with Gasteiger partial charge in [-0.25, -0.2) is 4.39 Å². The summed E-state index contributed by atoms with van der Waals surface area (Å²) in [6, 6.07) is 4.92. The molecule has 0 saturated carbocycles. The standard InChI is InChI=1S/C14H20FNO/c1-10(2)17-14-9-12(15)3-4-13(14)11-5-7-16-8-6-11/h3-4,9-11,16H,5-8H2,1-2H3. The summed E-state index contributed by atoms with van der Waals surface area (Å²) in [5.41, 5.74) is 1.15. The molecule has 94 valence electrons. The summed E-state index contributed by atoms with van der Waals surface area (Å²) in [5.74, 6) is 0.982. The van der Waals surface area contributed by atoms with Gasteiger partial charge < -0.3 is 10.1 Å². The normalized spacial score (nSPS) is 17.4. The zero-order valence-corrected chi connectivity index (χ0v) is 10.5. The zero-order valence-electron chi connectivity index (χ0n) is 10.5. The molecule has 0 spiro atoms. The van der Waals surface area contributed by atoms with E-state index in [0.717, 1.165) is 31.5 Å². The fourth-order valence-electron chi connectivity index (χ4n) is 2.33. The lowest BCUT2D eigenvalue weighted by atomic mass is 9.89. The molecule has 1 aliphatic heterocycles. The van der Waals surface area contributed by atoms with Gasteiger partial charge in [0.05, 0.1) is 6.10 Å². The molecular weight excluding hydrogens is 217 g/mol. The lowest BCUT2D eigenvalue weighted by molar-refractivity contribution is 0.236. The number of ether oxygens (including phenoxy) is 1. The summed E-state index contributed by atoms with van der Waals surface area (Å²) in [6.07, 6.45) is 2.28. The van der Waals surface area contributed by atoms with Gasteiger partial charge in [0.2, 0.25) is 0 Å². The smallest absolute Gasteiger partial charge is 0.126 e. The van der Waals surface area contributed by atoms with Crippen LogP contribution in [0.2, 0.25) is 0 Å². The summed E-state index contributed by atoms with van der Waals surface area (Å²) in [5, 5.41) is 3.34. The number of hydrogen-bond acceptors (Lipinski definition) is 2. The average molecular weight is 237 g/mol. The Morgan fingerprint density at radius 3 is 2.65 bits per heavy atom. The van der Waals surface area contributed by atoms with Crippen LogP contribution < -0.4 is 10.1 Å². The fourth-order valence-corrected chi connectivity index (χ4v) is 2.33. The molecule has 1 aromatic rings. The first-order valence-electron chi connectivity index (χ1n) is 6.33. The van der Waals surface area contributed by atoms with Crippen molar-refractivity contribution in [2.75, 3.05) is 13.1 Å². The van der Waals surface area contributed by atoms with Gasteiger partial charge in [0.25, 0.3) is 0 Å². The number of hydrogen-bond donors (Lipinski definition) is 1. The third kappa shape index (κ3) is 3.19. The highest BCUT2D eigenvalue weighted by Crippen LogP contribution is 2.33. The largest absolute Gasteiger partial charge is 0.491 e. The molecule has 2 rings (SSSR count). The third-order valence-electron chi connectivity index (χ3n) is 3.12. The molecule has 0 unspecified atom stereocenters. The van der Waals surface area contributed by atoms with Gasteiger partial charge in [-0.2, -0.15) is 0 Å². The van der Waals surface area contributed by atoms with E-state index in [-0.39, 0.29) is 11.9 Å². The van der Waals surface area contributed by atoms with E-state index in [0.29, 0.717) is 11.7 Å². The van der Waals surface area contributed by atoms with Crippen LogP contribution in [-0.2, 0) is 0 Å². The van der Waals surface area contributed by atoms with E-state index in [9.17, 15) is 4.39 Å². The molecule has 1 aliphatic rings. The average Bonchev–Trinajstić information content (AvgIpc) is 2.29. The van der Waals surface area contributed by atoms with Crippen molar-refractivity contribution in [2.45, 2.75) is 38.7 Å². The van der Waals surface area contributed by atoms with Crippen molar-refractivity contribution < 1.29 is 9.13 Å². The highest BCUT2D eigenvalue weighted by Gasteiger charge is 2.19. The molecule has 2 nitrogen and oxygen atoms in total. The van der Waals surface area contributed by atoms with E-state index in [1.165, 1.54) is 12.1 Å². The van der Waals surface area contributed by atoms with E-state index in [4.69, 9.17) is 4.74 Å². The lowest BCUT2D eigenvalue weighted by Crippen LogP contribution is -2.27. The second-order valence-corrected chi connectivity index (χ2v) is 4.87. The Balaban J connectivity index is 2.24. The minimum Gasteiger partial charge on any atom is -0.491 e. The van der Waals surface area contributed by atoms with Gasteiger partial charge in [-0.1, -0.05) is 6.07 Å². The molecule has 0 amide bonds. The van der Waals surface area contributed by atoms with Crippen LogP contribution in [0, 0.1) is 5.82 Å². The fraction of sp³-hybridized carbons (Fsp3) is 0.571. The van der Waals surface area contributed by atoms with Gasteiger partial charge in [0.1, 0.15) is 11.6 Å². The molecule has 1 fully saturated rings. The van der Waals surface area contributed by atoms with Crippen molar-refractivity contribution in [1.82, 2.24) is 5.32 Å². The van der Waals surface area contributed by atoms with Crippen molar-refractivity contribution in [3.8, 4) is 5.75 Å². The molecule has 17 heavy (non-hydrogen) atoms. The molecule has 0 radical (unpaired) electrons. The van der Waals surface area contributed by atoms with Gasteiger partial charge >= 0.3 is 0 Å². The van der Waals surface area contributed by atoms with Gasteiger partial charge in [0, 0.05) is 6.07 Å². The maximum absolute atomic E-state index is 13.3. The monoisotopic (exact) mass is 237 g/mol. The van der Waals surface area contributed by atoms with Gasteiger partial charge in [-0.3, -0.25) is 0 Å². The van der Waals surface area contributed by atoms with E-state index in [1.54, 1.807) is 0 Å². The Bertz CT molecular complexity index is 372. The SMILES string of the molecule is CC(C)Oc1cc(F)ccc1C1CCNCC1. The van der Waals surface area contributed by atoms with Crippen molar-refractivity contribution >= 4 is 0 Å². The van der Waals surface area contributed by atoms with Crippen LogP contribution in [0.4, 0.5) is 4.39 Å². The van der Waals surface area contributed by atoms with Crippen LogP contribution in [0.3, 0.4) is 0 Å². The number of nitrogens with one attached hydrogen (secondary N) is 1. The Morgan fingerprint density at radius 2 is 2.00 bits per heavy atom. The van der Waals surface area contributed by atoms with Crippen molar-refractivity contribution in [1.29, 1.82) is 0 Å². The lowest BCUT2D eigenvalue weighted by Gasteiger charge is -2.25. The molecule has 0 bridgehead atoms. The van der Waals surface area contributed by atoms with E-state index in [1.807, 2.05) is 19.9 Å². The van der Waals surface area contributed by atoms with E-state index >= 15 is 0 Å². The van der Waals surface area contributed by atoms with Crippen LogP contribution in [0.1, 0.15) is 38.2 Å². The quantitative estimate of drug-likeness (QED) is 0.872. The number of benzene rings is 1. The number of halogens is 1. The highest BCUT2D eigenvalue weighted by atomic mass is 19.1. The second-order valence-electron chi connectivity index (χ2n) is 4.87. The van der Waals surface area contributed by atoms with Crippen molar-refractivity contribution in [3.63, 3.8) is 0 Å². The van der Waals surface area contributed by atoms with Crippen LogP contribution in [0.5, 0.6) is 5.75 Å². The van der Waals surface area contributed by atoms with Crippen LogP contribution in [0.15, 0.2) is 18.2 Å². The van der Waals surface area contributed by atoms with Crippen LogP contribution in [-0.4, -0.2) is 19.2 Å². The summed E-state index contributed by atoms with van der Waals surface area (Å²) < 4.78 is 19.0. The van der Waals surface area contributed by atoms with Crippen LogP contribution in [0.25, 0.3) is 0 Å². The minimum atomic E-state index is -0.224. The van der Waals surface area contributed by atoms with Gasteiger partial charge in [-0.15, -0.1) is 0 Å². The molecule has 1 heterocycles. The van der Waals surface area contributed by atoms with Gasteiger partial charge in [0.15, 0.2) is 0 Å². The zero-order chi connectivity index (χ0) is 12.3. The summed E-state index contributed by atoms with van der Waals surface area (Å²) in [4.78, 5) is 0. The molecule has 1 N–H and O–H groups in total. The first-order valence-corrected chi connectivity index (χ1v) is 6.33. The molecule has 1 aromatic carbocycles. The number of piperidine rings is 1. The van der Waals surface area contributed by atoms with Gasteiger partial charge in [-0.05, 0) is 57.3 Å². The molecule has 3 heteroatoms. The Kier molecular flexibility index (Phi) is 4.00. The highest BCUT2D eigenvalue weighted by molar-refractivity contribution is 5.37. The molecular formula is C14H20FNO. The van der Waals surface area contributed by atoms with E-state index in [2.05, 4.69) is 5.32 Å². The first-order chi connectivity index (χ1) is 8.16. The second kappa shape index (κ2) is 5.50. The maximum Gasteiger partial charge on any atom is 0.126 e. The molecule has 0 atom stereocenters. The van der Waals surface area contributed by atoms with Crippen LogP contribution >= 0.6 is 0 Å². The summed E-state index contributed by atoms with van der Waals surface area (Å²) >= 11 is 0. The Labute approximate surface area is 102 Å². The molecule has 0 aliphatic carbocycles. The third-order valence-corrected chi connectivity index (χ3v) is 3.12. The summed E-state index contributed by atoms with van der Waals surface area (Å²) in [6.45, 7) is 6.00. The van der Waals surface area contributed by atoms with E-state index < -0.39 is 0 Å². The van der Waals surface area contributed by atoms with Crippen molar-refractivity contribution in [2.24, 2.45) is 0 Å². The maximum atomic E-state index is 13.3. The first kappa shape index (κ1) is 12.4.